The molecule has 1 saturated heterocycles. The first-order valence-electron chi connectivity index (χ1n) is 4.61. The van der Waals surface area contributed by atoms with E-state index in [4.69, 9.17) is 0 Å². The van der Waals surface area contributed by atoms with Crippen molar-refractivity contribution in [1.82, 2.24) is 5.32 Å². The van der Waals surface area contributed by atoms with Crippen LogP contribution in [0.15, 0.2) is 0 Å². The Hall–Kier alpha value is -0.530. The molecule has 1 heterocycles. The third kappa shape index (κ3) is 0.501. The third-order valence-corrected chi connectivity index (χ3v) is 4.13. The Balaban J connectivity index is 1.98. The molecule has 1 N–H and O–H groups in total. The molecule has 1 amide bonds. The third-order valence-electron chi connectivity index (χ3n) is 4.13. The average Bonchev–Trinajstić information content (AvgIpc) is 2.39. The molecule has 0 aromatic rings. The molecule has 2 nitrogen and oxygen atoms in total. The van der Waals surface area contributed by atoms with Crippen LogP contribution >= 0.6 is 0 Å². The monoisotopic (exact) mass is 151 g/mol. The number of hydrogen-bond donors (Lipinski definition) is 1. The minimum absolute atomic E-state index is 0.336. The Morgan fingerprint density at radius 3 is 3.18 bits per heavy atom. The van der Waals surface area contributed by atoms with Gasteiger partial charge in [-0.15, -0.1) is 0 Å². The fourth-order valence-corrected chi connectivity index (χ4v) is 3.44. The summed E-state index contributed by atoms with van der Waals surface area (Å²) in [6, 6.07) is 0. The first-order valence-corrected chi connectivity index (χ1v) is 4.61. The van der Waals surface area contributed by atoms with Gasteiger partial charge in [-0.2, -0.15) is 0 Å². The molecule has 0 radical (unpaired) electrons. The summed E-state index contributed by atoms with van der Waals surface area (Å²) in [7, 11) is 0. The van der Waals surface area contributed by atoms with Gasteiger partial charge in [-0.05, 0) is 25.2 Å². The maximum atomic E-state index is 11.3. The second kappa shape index (κ2) is 1.62. The van der Waals surface area contributed by atoms with Crippen molar-refractivity contribution in [3.05, 3.63) is 0 Å². The Morgan fingerprint density at radius 2 is 2.45 bits per heavy atom. The van der Waals surface area contributed by atoms with E-state index in [0.717, 1.165) is 12.5 Å². The highest BCUT2D eigenvalue weighted by Gasteiger charge is 2.62. The highest BCUT2D eigenvalue weighted by Crippen LogP contribution is 2.62. The predicted octanol–water partition coefficient (Wildman–Crippen LogP) is 0.923. The van der Waals surface area contributed by atoms with E-state index in [1.165, 1.54) is 25.7 Å². The van der Waals surface area contributed by atoms with Crippen LogP contribution < -0.4 is 5.32 Å². The normalized spacial score (nSPS) is 52.9. The molecule has 2 saturated carbocycles. The molecule has 1 aliphatic heterocycles. The fraction of sp³-hybridized carbons (Fsp3) is 0.889. The van der Waals surface area contributed by atoms with Gasteiger partial charge in [-0.1, -0.05) is 6.42 Å². The molecule has 0 aromatic heterocycles. The van der Waals surface area contributed by atoms with Gasteiger partial charge in [0.1, 0.15) is 0 Å². The molecule has 3 atom stereocenters. The molecule has 0 aromatic carbocycles. The summed E-state index contributed by atoms with van der Waals surface area (Å²) in [5.41, 5.74) is 0.455. The first-order chi connectivity index (χ1) is 5.33. The predicted molar refractivity (Wildman–Crippen MR) is 40.9 cm³/mol. The number of carbonyl (C=O) groups excluding carboxylic acids is 1. The molecule has 60 valence electrons. The van der Waals surface area contributed by atoms with Gasteiger partial charge >= 0.3 is 0 Å². The molecule has 1 spiro atoms. The van der Waals surface area contributed by atoms with E-state index in [9.17, 15) is 4.79 Å². The molecule has 3 aliphatic rings. The largest absolute Gasteiger partial charge is 0.355 e. The molecule has 3 rings (SSSR count). The van der Waals surface area contributed by atoms with Crippen molar-refractivity contribution in [2.45, 2.75) is 25.7 Å². The number of nitrogens with one attached hydrogen (secondary N) is 1. The topological polar surface area (TPSA) is 29.1 Å². The summed E-state index contributed by atoms with van der Waals surface area (Å²) < 4.78 is 0. The minimum atomic E-state index is 0.336. The average molecular weight is 151 g/mol. The van der Waals surface area contributed by atoms with Gasteiger partial charge in [0.25, 0.3) is 0 Å². The van der Waals surface area contributed by atoms with Crippen LogP contribution in [0.5, 0.6) is 0 Å². The summed E-state index contributed by atoms with van der Waals surface area (Å²) in [5, 5.41) is 3.00. The fourth-order valence-electron chi connectivity index (χ4n) is 3.44. The lowest BCUT2D eigenvalue weighted by Gasteiger charge is -2.46. The lowest BCUT2D eigenvalue weighted by Crippen LogP contribution is -2.45. The lowest BCUT2D eigenvalue weighted by atomic mass is 9.56. The van der Waals surface area contributed by atoms with Gasteiger partial charge in [0.15, 0.2) is 0 Å². The summed E-state index contributed by atoms with van der Waals surface area (Å²) in [4.78, 5) is 11.3. The molecule has 0 bridgehead atoms. The van der Waals surface area contributed by atoms with E-state index in [1.807, 2.05) is 0 Å². The quantitative estimate of drug-likeness (QED) is 0.548. The van der Waals surface area contributed by atoms with Gasteiger partial charge in [0.2, 0.25) is 5.91 Å². The standard InChI is InChI=1S/C9H13NO/c11-8-7-4-6-2-1-3-9(6,7)5-10-8/h6-7H,1-5H2,(H,10,11). The number of carbonyl (C=O) groups is 1. The molecule has 2 heteroatoms. The Bertz CT molecular complexity index is 226. The molecular formula is C9H13NO. The van der Waals surface area contributed by atoms with E-state index >= 15 is 0 Å². The molecule has 3 fully saturated rings. The van der Waals surface area contributed by atoms with Crippen molar-refractivity contribution in [2.75, 3.05) is 6.54 Å². The molecule has 3 unspecified atom stereocenters. The SMILES string of the molecule is O=C1NCC23CCCC2CC13. The van der Waals surface area contributed by atoms with Gasteiger partial charge in [0, 0.05) is 17.9 Å². The van der Waals surface area contributed by atoms with Crippen molar-refractivity contribution in [3.63, 3.8) is 0 Å². The second-order valence-corrected chi connectivity index (χ2v) is 4.33. The van der Waals surface area contributed by atoms with Crippen molar-refractivity contribution in [1.29, 1.82) is 0 Å². The zero-order valence-corrected chi connectivity index (χ0v) is 6.60. The van der Waals surface area contributed by atoms with Gasteiger partial charge < -0.3 is 5.32 Å². The highest BCUT2D eigenvalue weighted by molar-refractivity contribution is 5.83. The van der Waals surface area contributed by atoms with Gasteiger partial charge in [-0.25, -0.2) is 0 Å². The van der Waals surface area contributed by atoms with E-state index in [1.54, 1.807) is 0 Å². The van der Waals surface area contributed by atoms with Gasteiger partial charge in [0.05, 0.1) is 0 Å². The second-order valence-electron chi connectivity index (χ2n) is 4.33. The summed E-state index contributed by atoms with van der Waals surface area (Å²) >= 11 is 0. The number of amides is 1. The molecule has 2 aliphatic carbocycles. The van der Waals surface area contributed by atoms with Crippen molar-refractivity contribution < 1.29 is 4.79 Å². The maximum Gasteiger partial charge on any atom is 0.223 e. The Labute approximate surface area is 66.4 Å². The van der Waals surface area contributed by atoms with Gasteiger partial charge in [-0.3, -0.25) is 4.79 Å². The van der Waals surface area contributed by atoms with Crippen LogP contribution in [0.3, 0.4) is 0 Å². The van der Waals surface area contributed by atoms with Crippen LogP contribution in [-0.2, 0) is 4.79 Å². The van der Waals surface area contributed by atoms with Crippen molar-refractivity contribution in [2.24, 2.45) is 17.3 Å². The zero-order valence-electron chi connectivity index (χ0n) is 6.60. The maximum absolute atomic E-state index is 11.3. The first kappa shape index (κ1) is 6.04. The summed E-state index contributed by atoms with van der Waals surface area (Å²) in [6.45, 7) is 0.987. The zero-order chi connectivity index (χ0) is 7.47. The van der Waals surface area contributed by atoms with E-state index < -0.39 is 0 Å². The van der Waals surface area contributed by atoms with Crippen LogP contribution in [0.1, 0.15) is 25.7 Å². The van der Waals surface area contributed by atoms with Crippen LogP contribution in [0, 0.1) is 17.3 Å². The van der Waals surface area contributed by atoms with Crippen LogP contribution in [0.4, 0.5) is 0 Å². The highest BCUT2D eigenvalue weighted by atomic mass is 16.2. The minimum Gasteiger partial charge on any atom is -0.355 e. The van der Waals surface area contributed by atoms with E-state index in [-0.39, 0.29) is 0 Å². The summed E-state index contributed by atoms with van der Waals surface area (Å²) in [6.07, 6.45) is 5.23. The Kier molecular flexibility index (Phi) is 0.890. The van der Waals surface area contributed by atoms with E-state index in [0.29, 0.717) is 17.2 Å². The van der Waals surface area contributed by atoms with E-state index in [2.05, 4.69) is 5.32 Å². The summed E-state index contributed by atoms with van der Waals surface area (Å²) in [5.74, 6) is 1.64. The Morgan fingerprint density at radius 1 is 1.55 bits per heavy atom. The van der Waals surface area contributed by atoms with Crippen LogP contribution in [0.2, 0.25) is 0 Å². The number of hydrogen-bond acceptors (Lipinski definition) is 1. The lowest BCUT2D eigenvalue weighted by molar-refractivity contribution is -0.130. The smallest absolute Gasteiger partial charge is 0.223 e. The van der Waals surface area contributed by atoms with Crippen molar-refractivity contribution in [3.8, 4) is 0 Å². The van der Waals surface area contributed by atoms with Crippen LogP contribution in [0.25, 0.3) is 0 Å². The van der Waals surface area contributed by atoms with Crippen molar-refractivity contribution >= 4 is 5.91 Å². The number of rotatable bonds is 0. The van der Waals surface area contributed by atoms with Crippen LogP contribution in [-0.4, -0.2) is 12.5 Å². The molecular weight excluding hydrogens is 138 g/mol. The molecule has 11 heavy (non-hydrogen) atoms.